The third-order valence-corrected chi connectivity index (χ3v) is 13.1. The van der Waals surface area contributed by atoms with Gasteiger partial charge in [-0.15, -0.1) is 0 Å². The molecule has 4 heterocycles. The number of aryl methyl sites for hydroxylation is 2. The summed E-state index contributed by atoms with van der Waals surface area (Å²) in [5, 5.41) is 0. The van der Waals surface area contributed by atoms with Crippen LogP contribution < -0.4 is 9.80 Å². The minimum Gasteiger partial charge on any atom is -0.310 e. The molecule has 0 radical (unpaired) electrons. The van der Waals surface area contributed by atoms with Crippen molar-refractivity contribution in [2.24, 2.45) is 0 Å². The Bertz CT molecular complexity index is 3510. The van der Waals surface area contributed by atoms with Crippen molar-refractivity contribution in [3.8, 4) is 56.2 Å². The smallest absolute Gasteiger partial charge is 0.137 e. The molecule has 0 saturated heterocycles. The lowest BCUT2D eigenvalue weighted by atomic mass is 10.0. The molecule has 0 saturated carbocycles. The molecule has 0 amide bonds. The highest BCUT2D eigenvalue weighted by Crippen LogP contribution is 2.42. The zero-order chi connectivity index (χ0) is 47.0. The number of pyridine rings is 2. The van der Waals surface area contributed by atoms with E-state index in [0.29, 0.717) is 0 Å². The molecule has 6 nitrogen and oxygen atoms in total. The number of rotatable bonds is 11. The first kappa shape index (κ1) is 42.1. The van der Waals surface area contributed by atoms with Crippen molar-refractivity contribution in [1.82, 2.24) is 18.8 Å². The quantitative estimate of drug-likeness (QED) is 0.130. The molecule has 0 bridgehead atoms. The van der Waals surface area contributed by atoms with E-state index in [2.05, 4.69) is 263 Å². The summed E-state index contributed by atoms with van der Waals surface area (Å²) >= 11 is 0. The predicted molar refractivity (Wildman–Crippen MR) is 290 cm³/mol. The number of imidazole rings is 2. The van der Waals surface area contributed by atoms with Gasteiger partial charge in [0.25, 0.3) is 0 Å². The lowest BCUT2D eigenvalue weighted by molar-refractivity contribution is 1.19. The second-order valence-electron chi connectivity index (χ2n) is 17.7. The van der Waals surface area contributed by atoms with E-state index in [1.54, 1.807) is 0 Å². The Hall–Kier alpha value is -9.26. The Morgan fingerprint density at radius 3 is 1.01 bits per heavy atom. The van der Waals surface area contributed by atoms with Gasteiger partial charge >= 0.3 is 0 Å². The molecule has 0 spiro atoms. The Labute approximate surface area is 408 Å². The molecule has 0 fully saturated rings. The van der Waals surface area contributed by atoms with E-state index < -0.39 is 0 Å². The summed E-state index contributed by atoms with van der Waals surface area (Å²) in [6, 6.07) is 86.3. The van der Waals surface area contributed by atoms with Gasteiger partial charge in [0, 0.05) is 68.8 Å². The van der Waals surface area contributed by atoms with Crippen LogP contribution in [0.1, 0.15) is 11.1 Å². The van der Waals surface area contributed by atoms with Gasteiger partial charge in [-0.1, -0.05) is 157 Å². The number of aromatic nitrogens is 4. The fourth-order valence-corrected chi connectivity index (χ4v) is 9.61. The van der Waals surface area contributed by atoms with Crippen LogP contribution in [0.15, 0.2) is 255 Å². The van der Waals surface area contributed by atoms with Crippen LogP contribution in [0.25, 0.3) is 67.5 Å². The molecule has 0 unspecified atom stereocenters. The molecule has 12 aromatic rings. The summed E-state index contributed by atoms with van der Waals surface area (Å²) in [5.74, 6) is 0. The molecule has 6 heteroatoms. The van der Waals surface area contributed by atoms with Gasteiger partial charge in [-0.25, -0.2) is 9.97 Å². The van der Waals surface area contributed by atoms with Crippen molar-refractivity contribution >= 4 is 45.4 Å². The van der Waals surface area contributed by atoms with Crippen LogP contribution in [-0.2, 0) is 0 Å². The second kappa shape index (κ2) is 18.1. The van der Waals surface area contributed by atoms with Crippen LogP contribution in [0.3, 0.4) is 0 Å². The van der Waals surface area contributed by atoms with E-state index >= 15 is 0 Å². The normalized spacial score (nSPS) is 11.3. The second-order valence-corrected chi connectivity index (χ2v) is 17.7. The monoisotopic (exact) mass is 900 g/mol. The topological polar surface area (TPSA) is 41.1 Å². The highest BCUT2D eigenvalue weighted by atomic mass is 15.1. The molecule has 0 N–H and O–H groups in total. The Kier molecular flexibility index (Phi) is 10.9. The van der Waals surface area contributed by atoms with Crippen LogP contribution >= 0.6 is 0 Å². The van der Waals surface area contributed by atoms with E-state index in [-0.39, 0.29) is 0 Å². The van der Waals surface area contributed by atoms with Crippen molar-refractivity contribution < 1.29 is 0 Å². The molecule has 8 aromatic carbocycles. The number of fused-ring (bicyclic) bond motifs is 2. The molecule has 0 atom stereocenters. The zero-order valence-corrected chi connectivity index (χ0v) is 38.9. The van der Waals surface area contributed by atoms with Gasteiger partial charge in [-0.3, -0.25) is 8.80 Å². The Morgan fingerprint density at radius 1 is 0.286 bits per heavy atom. The molecule has 70 heavy (non-hydrogen) atoms. The Morgan fingerprint density at radius 2 is 0.629 bits per heavy atom. The standard InChI is InChI=1S/C64H48N6/c1-45-25-33-53(34-26-45)69(57-21-13-19-51(43-57)63-61(49-15-5-3-6-16-49)65-59-23-9-11-41-67(59)63)55-37-29-47(30-38-55)48-31-39-56(40-32-48)70(54-35-27-46(2)28-36-54)58-22-14-20-52(44-58)64-62(50-17-7-4-8-18-50)66-60-24-10-12-42-68(60)64/h3-44H,1-2H3. The summed E-state index contributed by atoms with van der Waals surface area (Å²) in [6.45, 7) is 4.26. The lowest BCUT2D eigenvalue weighted by Gasteiger charge is -2.27. The van der Waals surface area contributed by atoms with Gasteiger partial charge in [-0.2, -0.15) is 0 Å². The molecule has 12 rings (SSSR count). The number of anilines is 6. The third kappa shape index (κ3) is 7.97. The average molecular weight is 901 g/mol. The van der Waals surface area contributed by atoms with E-state index in [1.165, 1.54) is 11.1 Å². The summed E-state index contributed by atoms with van der Waals surface area (Å²) < 4.78 is 4.39. The van der Waals surface area contributed by atoms with Crippen LogP contribution in [-0.4, -0.2) is 18.8 Å². The maximum Gasteiger partial charge on any atom is 0.137 e. The van der Waals surface area contributed by atoms with E-state index in [4.69, 9.17) is 9.97 Å². The van der Waals surface area contributed by atoms with Crippen molar-refractivity contribution in [3.05, 3.63) is 266 Å². The number of hydrogen-bond acceptors (Lipinski definition) is 4. The fourth-order valence-electron chi connectivity index (χ4n) is 9.61. The van der Waals surface area contributed by atoms with Crippen LogP contribution in [0.4, 0.5) is 34.1 Å². The maximum absolute atomic E-state index is 5.13. The first-order chi connectivity index (χ1) is 34.5. The van der Waals surface area contributed by atoms with Gasteiger partial charge in [0.05, 0.1) is 22.8 Å². The van der Waals surface area contributed by atoms with Gasteiger partial charge in [0.2, 0.25) is 0 Å². The number of nitrogens with zero attached hydrogens (tertiary/aromatic N) is 6. The van der Waals surface area contributed by atoms with Gasteiger partial charge in [-0.05, 0) is 122 Å². The zero-order valence-electron chi connectivity index (χ0n) is 38.9. The number of hydrogen-bond donors (Lipinski definition) is 0. The molecule has 334 valence electrons. The first-order valence-electron chi connectivity index (χ1n) is 23.7. The van der Waals surface area contributed by atoms with Gasteiger partial charge in [0.1, 0.15) is 11.3 Å². The van der Waals surface area contributed by atoms with Crippen molar-refractivity contribution in [2.75, 3.05) is 9.80 Å². The minimum absolute atomic E-state index is 0.912. The summed E-state index contributed by atoms with van der Waals surface area (Å²) in [4.78, 5) is 14.9. The van der Waals surface area contributed by atoms with E-state index in [9.17, 15) is 0 Å². The lowest BCUT2D eigenvalue weighted by Crippen LogP contribution is -2.10. The molecular formula is C64H48N6. The summed E-state index contributed by atoms with van der Waals surface area (Å²) in [7, 11) is 0. The molecule has 0 aliphatic heterocycles. The molecular weight excluding hydrogens is 853 g/mol. The van der Waals surface area contributed by atoms with Gasteiger partial charge in [0.15, 0.2) is 0 Å². The Balaban J connectivity index is 0.895. The van der Waals surface area contributed by atoms with Crippen molar-refractivity contribution in [3.63, 3.8) is 0 Å². The molecule has 0 aliphatic rings. The van der Waals surface area contributed by atoms with E-state index in [0.717, 1.165) is 102 Å². The molecule has 4 aromatic heterocycles. The summed E-state index contributed by atoms with van der Waals surface area (Å²) in [6.07, 6.45) is 4.20. The SMILES string of the molecule is Cc1ccc(N(c2ccc(-c3ccc(N(c4ccc(C)cc4)c4cccc(-c5c(-c6ccccc6)nc6ccccn56)c4)cc3)cc2)c2cccc(-c3c(-c4ccccc4)nc4ccccn34)c2)cc1. The highest BCUT2D eigenvalue weighted by Gasteiger charge is 2.21. The highest BCUT2D eigenvalue weighted by molar-refractivity contribution is 5.88. The molecule has 0 aliphatic carbocycles. The van der Waals surface area contributed by atoms with E-state index in [1.807, 2.05) is 24.3 Å². The largest absolute Gasteiger partial charge is 0.310 e. The fraction of sp³-hybridized carbons (Fsp3) is 0.0312. The van der Waals surface area contributed by atoms with Crippen LogP contribution in [0.2, 0.25) is 0 Å². The van der Waals surface area contributed by atoms with Crippen molar-refractivity contribution in [1.29, 1.82) is 0 Å². The average Bonchev–Trinajstić information content (AvgIpc) is 4.01. The van der Waals surface area contributed by atoms with Gasteiger partial charge < -0.3 is 9.80 Å². The summed E-state index contributed by atoms with van der Waals surface area (Å²) in [5.41, 5.74) is 21.3. The van der Waals surface area contributed by atoms with Crippen LogP contribution in [0.5, 0.6) is 0 Å². The number of benzene rings is 8. The predicted octanol–water partition coefficient (Wildman–Crippen LogP) is 16.9. The first-order valence-corrected chi connectivity index (χ1v) is 23.7. The van der Waals surface area contributed by atoms with Crippen LogP contribution in [0, 0.1) is 13.8 Å². The minimum atomic E-state index is 0.912. The van der Waals surface area contributed by atoms with Crippen molar-refractivity contribution in [2.45, 2.75) is 13.8 Å². The third-order valence-electron chi connectivity index (χ3n) is 13.1. The maximum atomic E-state index is 5.13.